The van der Waals surface area contributed by atoms with Gasteiger partial charge in [-0.25, -0.2) is 9.97 Å². The molecule has 0 saturated carbocycles. The number of anilines is 1. The molecule has 0 radical (unpaired) electrons. The van der Waals surface area contributed by atoms with Gasteiger partial charge in [0.25, 0.3) is 5.91 Å². The number of hydrogen-bond donors (Lipinski definition) is 2. The molecule has 3 N–H and O–H groups in total. The minimum absolute atomic E-state index is 0.127. The van der Waals surface area contributed by atoms with Crippen molar-refractivity contribution in [3.63, 3.8) is 0 Å². The second-order valence-corrected chi connectivity index (χ2v) is 5.89. The fourth-order valence-electron chi connectivity index (χ4n) is 2.20. The van der Waals surface area contributed by atoms with Crippen LogP contribution >= 0.6 is 11.3 Å². The molecule has 6 heteroatoms. The van der Waals surface area contributed by atoms with Crippen molar-refractivity contribution in [1.29, 1.82) is 0 Å². The highest BCUT2D eigenvalue weighted by Gasteiger charge is 2.17. The molecule has 0 aliphatic carbocycles. The largest absolute Gasteiger partial charge is 0.382 e. The van der Waals surface area contributed by atoms with Crippen molar-refractivity contribution in [3.05, 3.63) is 64.6 Å². The van der Waals surface area contributed by atoms with Crippen molar-refractivity contribution >= 4 is 23.1 Å². The van der Waals surface area contributed by atoms with Crippen LogP contribution in [0.2, 0.25) is 0 Å². The van der Waals surface area contributed by atoms with E-state index in [-0.39, 0.29) is 23.5 Å². The molecule has 1 unspecified atom stereocenters. The zero-order valence-corrected chi connectivity index (χ0v) is 13.4. The predicted octanol–water partition coefficient (Wildman–Crippen LogP) is 3.28. The first kappa shape index (κ1) is 15.2. The number of nitrogen functional groups attached to an aromatic ring is 1. The SMILES string of the molecule is CC(NC(=O)c1nc(-c2ccsc2)cnc1N)c1ccccc1. The summed E-state index contributed by atoms with van der Waals surface area (Å²) in [5, 5.41) is 6.81. The first-order chi connectivity index (χ1) is 11.1. The van der Waals surface area contributed by atoms with Crippen LogP contribution in [-0.4, -0.2) is 15.9 Å². The van der Waals surface area contributed by atoms with Gasteiger partial charge in [0.05, 0.1) is 17.9 Å². The quantitative estimate of drug-likeness (QED) is 0.772. The molecular formula is C17H16N4OS. The van der Waals surface area contributed by atoms with E-state index in [0.29, 0.717) is 5.69 Å². The molecule has 0 fully saturated rings. The van der Waals surface area contributed by atoms with E-state index in [1.165, 1.54) is 0 Å². The Morgan fingerprint density at radius 2 is 2.04 bits per heavy atom. The van der Waals surface area contributed by atoms with Gasteiger partial charge in [0, 0.05) is 10.9 Å². The Kier molecular flexibility index (Phi) is 4.34. The molecular weight excluding hydrogens is 308 g/mol. The number of carbonyl (C=O) groups is 1. The van der Waals surface area contributed by atoms with Gasteiger partial charge in [-0.3, -0.25) is 4.79 Å². The van der Waals surface area contributed by atoms with Crippen molar-refractivity contribution in [2.75, 3.05) is 5.73 Å². The lowest BCUT2D eigenvalue weighted by Gasteiger charge is -2.14. The Bertz CT molecular complexity index is 803. The number of aromatic nitrogens is 2. The van der Waals surface area contributed by atoms with Crippen LogP contribution < -0.4 is 11.1 Å². The number of carbonyl (C=O) groups excluding carboxylic acids is 1. The van der Waals surface area contributed by atoms with Gasteiger partial charge in [0.2, 0.25) is 0 Å². The molecule has 5 nitrogen and oxygen atoms in total. The van der Waals surface area contributed by atoms with E-state index >= 15 is 0 Å². The standard InChI is InChI=1S/C17H16N4OS/c1-11(12-5-3-2-4-6-12)20-17(22)15-16(18)19-9-14(21-15)13-7-8-23-10-13/h2-11H,1H3,(H2,18,19)(H,20,22). The Balaban J connectivity index is 1.83. The van der Waals surface area contributed by atoms with E-state index in [1.807, 2.05) is 54.1 Å². The zero-order valence-electron chi connectivity index (χ0n) is 12.6. The fourth-order valence-corrected chi connectivity index (χ4v) is 2.85. The maximum Gasteiger partial charge on any atom is 0.274 e. The Morgan fingerprint density at radius 3 is 2.74 bits per heavy atom. The highest BCUT2D eigenvalue weighted by atomic mass is 32.1. The maximum atomic E-state index is 12.5. The van der Waals surface area contributed by atoms with Crippen molar-refractivity contribution in [3.8, 4) is 11.3 Å². The summed E-state index contributed by atoms with van der Waals surface area (Å²) in [5.41, 5.74) is 8.55. The van der Waals surface area contributed by atoms with Gasteiger partial charge in [-0.2, -0.15) is 11.3 Å². The van der Waals surface area contributed by atoms with E-state index < -0.39 is 0 Å². The van der Waals surface area contributed by atoms with Crippen molar-refractivity contribution in [2.24, 2.45) is 0 Å². The molecule has 116 valence electrons. The smallest absolute Gasteiger partial charge is 0.274 e. The normalized spacial score (nSPS) is 11.9. The van der Waals surface area contributed by atoms with Crippen molar-refractivity contribution in [2.45, 2.75) is 13.0 Å². The highest BCUT2D eigenvalue weighted by molar-refractivity contribution is 7.08. The lowest BCUT2D eigenvalue weighted by molar-refractivity contribution is 0.0935. The summed E-state index contributed by atoms with van der Waals surface area (Å²) in [4.78, 5) is 20.9. The Morgan fingerprint density at radius 1 is 1.26 bits per heavy atom. The van der Waals surface area contributed by atoms with Crippen LogP contribution in [-0.2, 0) is 0 Å². The van der Waals surface area contributed by atoms with Crippen LogP contribution in [0.15, 0.2) is 53.4 Å². The number of rotatable bonds is 4. The molecule has 23 heavy (non-hydrogen) atoms. The summed E-state index contributed by atoms with van der Waals surface area (Å²) >= 11 is 1.56. The molecule has 2 aromatic heterocycles. The van der Waals surface area contributed by atoms with Crippen LogP contribution in [0.25, 0.3) is 11.3 Å². The minimum Gasteiger partial charge on any atom is -0.382 e. The van der Waals surface area contributed by atoms with Gasteiger partial charge in [-0.05, 0) is 23.9 Å². The number of amides is 1. The first-order valence-corrected chi connectivity index (χ1v) is 8.10. The second-order valence-electron chi connectivity index (χ2n) is 5.11. The van der Waals surface area contributed by atoms with Crippen molar-refractivity contribution < 1.29 is 4.79 Å². The number of benzene rings is 1. The van der Waals surface area contributed by atoms with E-state index in [0.717, 1.165) is 11.1 Å². The van der Waals surface area contributed by atoms with E-state index in [4.69, 9.17) is 5.73 Å². The monoisotopic (exact) mass is 324 g/mol. The van der Waals surface area contributed by atoms with E-state index in [2.05, 4.69) is 15.3 Å². The van der Waals surface area contributed by atoms with Gasteiger partial charge in [0.15, 0.2) is 11.5 Å². The lowest BCUT2D eigenvalue weighted by Crippen LogP contribution is -2.28. The van der Waals surface area contributed by atoms with Gasteiger partial charge in [-0.15, -0.1) is 0 Å². The topological polar surface area (TPSA) is 80.9 Å². The van der Waals surface area contributed by atoms with Crippen LogP contribution in [0, 0.1) is 0 Å². The molecule has 0 saturated heterocycles. The average molecular weight is 324 g/mol. The van der Waals surface area contributed by atoms with Crippen molar-refractivity contribution in [1.82, 2.24) is 15.3 Å². The van der Waals surface area contributed by atoms with Crippen LogP contribution in [0.5, 0.6) is 0 Å². The van der Waals surface area contributed by atoms with Gasteiger partial charge < -0.3 is 11.1 Å². The third kappa shape index (κ3) is 3.37. The average Bonchev–Trinajstić information content (AvgIpc) is 3.10. The maximum absolute atomic E-state index is 12.5. The van der Waals surface area contributed by atoms with Crippen LogP contribution in [0.4, 0.5) is 5.82 Å². The highest BCUT2D eigenvalue weighted by Crippen LogP contribution is 2.21. The Labute approximate surface area is 138 Å². The molecule has 1 amide bonds. The van der Waals surface area contributed by atoms with Crippen LogP contribution in [0.1, 0.15) is 29.0 Å². The zero-order chi connectivity index (χ0) is 16.2. The number of thiophene rings is 1. The molecule has 3 rings (SSSR count). The summed E-state index contributed by atoms with van der Waals surface area (Å²) < 4.78 is 0. The van der Waals surface area contributed by atoms with E-state index in [1.54, 1.807) is 17.5 Å². The van der Waals surface area contributed by atoms with Gasteiger partial charge >= 0.3 is 0 Å². The molecule has 0 aliphatic heterocycles. The second kappa shape index (κ2) is 6.58. The summed E-state index contributed by atoms with van der Waals surface area (Å²) in [7, 11) is 0. The molecule has 0 aliphatic rings. The van der Waals surface area contributed by atoms with Gasteiger partial charge in [-0.1, -0.05) is 30.3 Å². The Hall–Kier alpha value is -2.73. The lowest BCUT2D eigenvalue weighted by atomic mass is 10.1. The molecule has 1 aromatic carbocycles. The first-order valence-electron chi connectivity index (χ1n) is 7.16. The molecule has 2 heterocycles. The fraction of sp³-hybridized carbons (Fsp3) is 0.118. The summed E-state index contributed by atoms with van der Waals surface area (Å²) in [6, 6.07) is 11.5. The predicted molar refractivity (Wildman–Crippen MR) is 92.1 cm³/mol. The number of nitrogens with one attached hydrogen (secondary N) is 1. The third-order valence-corrected chi connectivity index (χ3v) is 4.16. The number of hydrogen-bond acceptors (Lipinski definition) is 5. The molecule has 0 bridgehead atoms. The third-order valence-electron chi connectivity index (χ3n) is 3.48. The number of nitrogens with zero attached hydrogens (tertiary/aromatic N) is 2. The molecule has 0 spiro atoms. The van der Waals surface area contributed by atoms with E-state index in [9.17, 15) is 4.79 Å². The van der Waals surface area contributed by atoms with Gasteiger partial charge in [0.1, 0.15) is 0 Å². The number of nitrogens with two attached hydrogens (primary N) is 1. The summed E-state index contributed by atoms with van der Waals surface area (Å²) in [6.07, 6.45) is 1.58. The summed E-state index contributed by atoms with van der Waals surface area (Å²) in [5.74, 6) is -0.204. The van der Waals surface area contributed by atoms with Crippen LogP contribution in [0.3, 0.4) is 0 Å². The minimum atomic E-state index is -0.330. The molecule has 1 atom stereocenters. The summed E-state index contributed by atoms with van der Waals surface area (Å²) in [6.45, 7) is 1.92. The molecule has 3 aromatic rings.